The number of aryl methyl sites for hydroxylation is 1. The zero-order chi connectivity index (χ0) is 21.3. The first kappa shape index (κ1) is 21.8. The predicted octanol–water partition coefficient (Wildman–Crippen LogP) is 6.28. The van der Waals surface area contributed by atoms with Gasteiger partial charge in [0.2, 0.25) is 6.17 Å². The van der Waals surface area contributed by atoms with E-state index in [-0.39, 0.29) is 6.42 Å². The lowest BCUT2D eigenvalue weighted by Gasteiger charge is -2.13. The number of aromatic nitrogens is 2. The summed E-state index contributed by atoms with van der Waals surface area (Å²) in [6.45, 7) is 7.19. The summed E-state index contributed by atoms with van der Waals surface area (Å²) in [7, 11) is 0. The Morgan fingerprint density at radius 1 is 1.24 bits per heavy atom. The highest BCUT2D eigenvalue weighted by Crippen LogP contribution is 2.39. The Morgan fingerprint density at radius 2 is 1.90 bits per heavy atom. The van der Waals surface area contributed by atoms with E-state index in [9.17, 15) is 9.18 Å². The molecule has 2 aromatic carbocycles. The van der Waals surface area contributed by atoms with Crippen molar-refractivity contribution < 1.29 is 19.0 Å². The van der Waals surface area contributed by atoms with Gasteiger partial charge in [-0.1, -0.05) is 13.8 Å². The van der Waals surface area contributed by atoms with E-state index in [0.717, 1.165) is 23.1 Å². The average molecular weight is 528 g/mol. The summed E-state index contributed by atoms with van der Waals surface area (Å²) < 4.78 is 22.8. The fourth-order valence-corrected chi connectivity index (χ4v) is 4.51. The van der Waals surface area contributed by atoms with Crippen molar-refractivity contribution in [1.29, 1.82) is 0 Å². The van der Waals surface area contributed by atoms with Gasteiger partial charge in [-0.15, -0.1) is 0 Å². The van der Waals surface area contributed by atoms with Crippen LogP contribution in [0.3, 0.4) is 0 Å². The first-order valence-electron chi connectivity index (χ1n) is 9.15. The van der Waals surface area contributed by atoms with Crippen LogP contribution >= 0.6 is 31.9 Å². The van der Waals surface area contributed by atoms with E-state index in [1.807, 2.05) is 29.8 Å². The van der Waals surface area contributed by atoms with Gasteiger partial charge in [-0.3, -0.25) is 4.68 Å². The molecule has 0 fully saturated rings. The van der Waals surface area contributed by atoms with Crippen molar-refractivity contribution in [3.63, 3.8) is 0 Å². The van der Waals surface area contributed by atoms with Crippen molar-refractivity contribution in [2.45, 2.75) is 39.9 Å². The highest BCUT2D eigenvalue weighted by Gasteiger charge is 2.19. The van der Waals surface area contributed by atoms with Gasteiger partial charge >= 0.3 is 5.97 Å². The van der Waals surface area contributed by atoms with Crippen LogP contribution in [0.25, 0.3) is 10.9 Å². The van der Waals surface area contributed by atoms with Gasteiger partial charge in [0, 0.05) is 24.0 Å². The minimum atomic E-state index is -1.95. The second-order valence-electron chi connectivity index (χ2n) is 7.34. The van der Waals surface area contributed by atoms with Crippen LogP contribution in [0.1, 0.15) is 25.1 Å². The van der Waals surface area contributed by atoms with Gasteiger partial charge in [0.25, 0.3) is 0 Å². The summed E-state index contributed by atoms with van der Waals surface area (Å²) in [4.78, 5) is 10.7. The number of hydrogen-bond donors (Lipinski definition) is 1. The fourth-order valence-electron chi connectivity index (χ4n) is 3.06. The number of benzene rings is 2. The summed E-state index contributed by atoms with van der Waals surface area (Å²) in [5, 5.41) is 14.4. The molecule has 1 aromatic heterocycles. The number of rotatable bonds is 7. The van der Waals surface area contributed by atoms with Gasteiger partial charge in [-0.05, 0) is 80.6 Å². The highest BCUT2D eigenvalue weighted by atomic mass is 79.9. The largest absolute Gasteiger partial charge is 0.479 e. The molecule has 8 heteroatoms. The second kappa shape index (κ2) is 8.83. The van der Waals surface area contributed by atoms with E-state index in [1.165, 1.54) is 0 Å². The maximum absolute atomic E-state index is 13.5. The number of nitrogens with zero attached hydrogens (tertiary/aromatic N) is 2. The number of ether oxygens (including phenoxy) is 1. The molecule has 0 bridgehead atoms. The molecule has 0 amide bonds. The van der Waals surface area contributed by atoms with Crippen molar-refractivity contribution in [2.24, 2.45) is 5.92 Å². The molecule has 1 atom stereocenters. The summed E-state index contributed by atoms with van der Waals surface area (Å²) in [5.41, 5.74) is 2.54. The van der Waals surface area contributed by atoms with Gasteiger partial charge in [0.15, 0.2) is 5.75 Å². The Hall–Kier alpha value is -1.93. The smallest absolute Gasteiger partial charge is 0.338 e. The SMILES string of the molecule is Cc1c2cc(Oc3c(Br)cc(CC(F)C(=O)O)cc3Br)ccc2nn1CC(C)C. The second-order valence-corrected chi connectivity index (χ2v) is 9.05. The van der Waals surface area contributed by atoms with Gasteiger partial charge in [-0.25, -0.2) is 9.18 Å². The number of fused-ring (bicyclic) bond motifs is 1. The Morgan fingerprint density at radius 3 is 2.48 bits per heavy atom. The molecule has 154 valence electrons. The van der Waals surface area contributed by atoms with Crippen LogP contribution in [-0.4, -0.2) is 27.0 Å². The van der Waals surface area contributed by atoms with Crippen LogP contribution in [0.15, 0.2) is 39.3 Å². The van der Waals surface area contributed by atoms with E-state index in [0.29, 0.717) is 31.9 Å². The summed E-state index contributed by atoms with van der Waals surface area (Å²) in [6.07, 6.45) is -2.17. The average Bonchev–Trinajstić information content (AvgIpc) is 2.93. The maximum atomic E-state index is 13.5. The topological polar surface area (TPSA) is 64.3 Å². The van der Waals surface area contributed by atoms with Gasteiger partial charge in [0.05, 0.1) is 14.5 Å². The van der Waals surface area contributed by atoms with Crippen LogP contribution in [0.5, 0.6) is 11.5 Å². The molecule has 0 aliphatic heterocycles. The van der Waals surface area contributed by atoms with Crippen molar-refractivity contribution in [3.05, 3.63) is 50.5 Å². The quantitative estimate of drug-likeness (QED) is 0.392. The van der Waals surface area contributed by atoms with Crippen LogP contribution < -0.4 is 4.74 Å². The third kappa shape index (κ3) is 4.98. The Labute approximate surface area is 185 Å². The van der Waals surface area contributed by atoms with Crippen LogP contribution in [0.2, 0.25) is 0 Å². The molecule has 0 spiro atoms. The molecule has 0 saturated heterocycles. The molecule has 1 N–H and O–H groups in total. The molecule has 0 aliphatic rings. The lowest BCUT2D eigenvalue weighted by molar-refractivity contribution is -0.142. The van der Waals surface area contributed by atoms with Crippen LogP contribution in [0.4, 0.5) is 4.39 Å². The molecular weight excluding hydrogens is 507 g/mol. The van der Waals surface area contributed by atoms with Gasteiger partial charge in [0.1, 0.15) is 5.75 Å². The van der Waals surface area contributed by atoms with Crippen molar-refractivity contribution >= 4 is 48.7 Å². The third-order valence-electron chi connectivity index (χ3n) is 4.47. The van der Waals surface area contributed by atoms with E-state index >= 15 is 0 Å². The Bertz CT molecular complexity index is 1040. The molecule has 3 aromatic rings. The molecule has 1 heterocycles. The lowest BCUT2D eigenvalue weighted by Crippen LogP contribution is -2.17. The number of carbonyl (C=O) groups is 1. The first-order valence-corrected chi connectivity index (χ1v) is 10.7. The highest BCUT2D eigenvalue weighted by molar-refractivity contribution is 9.11. The normalized spacial score (nSPS) is 12.5. The maximum Gasteiger partial charge on any atom is 0.338 e. The van der Waals surface area contributed by atoms with Crippen LogP contribution in [0, 0.1) is 12.8 Å². The molecule has 0 radical (unpaired) electrons. The molecular formula is C21H21Br2FN2O3. The number of halogens is 3. The first-order chi connectivity index (χ1) is 13.7. The molecule has 3 rings (SSSR count). The molecule has 1 unspecified atom stereocenters. The lowest BCUT2D eigenvalue weighted by atomic mass is 10.1. The van der Waals surface area contributed by atoms with Gasteiger partial charge < -0.3 is 9.84 Å². The standard InChI is InChI=1S/C21H21Br2FN2O3/c1-11(2)10-26-12(3)15-9-14(4-5-19(15)25-26)29-20-16(22)6-13(7-17(20)23)8-18(24)21(27)28/h4-7,9,11,18H,8,10H2,1-3H3,(H,27,28). The minimum absolute atomic E-state index is 0.215. The summed E-state index contributed by atoms with van der Waals surface area (Å²) >= 11 is 6.87. The van der Waals surface area contributed by atoms with Gasteiger partial charge in [-0.2, -0.15) is 5.10 Å². The van der Waals surface area contributed by atoms with E-state index in [1.54, 1.807) is 12.1 Å². The van der Waals surface area contributed by atoms with Crippen LogP contribution in [-0.2, 0) is 17.8 Å². The monoisotopic (exact) mass is 526 g/mol. The minimum Gasteiger partial charge on any atom is -0.479 e. The van der Waals surface area contributed by atoms with Crippen molar-refractivity contribution in [3.8, 4) is 11.5 Å². The number of alkyl halides is 1. The Balaban J connectivity index is 1.88. The fraction of sp³-hybridized carbons (Fsp3) is 0.333. The van der Waals surface area contributed by atoms with E-state index < -0.39 is 12.1 Å². The summed E-state index contributed by atoms with van der Waals surface area (Å²) in [6, 6.07) is 9.05. The molecule has 29 heavy (non-hydrogen) atoms. The number of carboxylic acids is 1. The number of carboxylic acid groups (broad SMARTS) is 1. The number of aliphatic carboxylic acids is 1. The zero-order valence-electron chi connectivity index (χ0n) is 16.2. The molecule has 5 nitrogen and oxygen atoms in total. The Kier molecular flexibility index (Phi) is 6.63. The molecule has 0 aliphatic carbocycles. The van der Waals surface area contributed by atoms with Crippen molar-refractivity contribution in [1.82, 2.24) is 9.78 Å². The summed E-state index contributed by atoms with van der Waals surface area (Å²) in [5.74, 6) is 0.201. The van der Waals surface area contributed by atoms with E-state index in [2.05, 4.69) is 50.8 Å². The van der Waals surface area contributed by atoms with Crippen molar-refractivity contribution in [2.75, 3.05) is 0 Å². The number of hydrogen-bond acceptors (Lipinski definition) is 3. The zero-order valence-corrected chi connectivity index (χ0v) is 19.4. The predicted molar refractivity (Wildman–Crippen MR) is 117 cm³/mol. The third-order valence-corrected chi connectivity index (χ3v) is 5.65. The molecule has 0 saturated carbocycles. The van der Waals surface area contributed by atoms with E-state index in [4.69, 9.17) is 9.84 Å².